The minimum absolute atomic E-state index is 1.01. The molecule has 0 amide bonds. The van der Waals surface area contributed by atoms with Crippen LogP contribution in [0.5, 0.6) is 0 Å². The Morgan fingerprint density at radius 3 is 1.17 bits per heavy atom. The minimum atomic E-state index is 1.01. The summed E-state index contributed by atoms with van der Waals surface area (Å²) < 4.78 is 5.17. The fourth-order valence-electron chi connectivity index (χ4n) is 0.715. The first-order valence-electron chi connectivity index (χ1n) is 2.94. The van der Waals surface area contributed by atoms with Gasteiger partial charge in [0.25, 0.3) is 0 Å². The number of rotatable bonds is 0. The summed E-state index contributed by atoms with van der Waals surface area (Å²) in [5.41, 5.74) is 1.16. The Morgan fingerprint density at radius 2 is 0.833 bits per heavy atom. The largest absolute Gasteiger partial charge is 0.142 e. The number of benzene rings is 1. The Bertz CT molecular complexity index is 230. The highest BCUT2D eigenvalue weighted by Crippen LogP contribution is 2.39. The third kappa shape index (κ3) is 2.02. The Balaban J connectivity index is 3.60. The van der Waals surface area contributed by atoms with E-state index in [1.54, 1.807) is 0 Å². The van der Waals surface area contributed by atoms with E-state index in [9.17, 15) is 0 Å². The lowest BCUT2D eigenvalue weighted by Crippen LogP contribution is -2.08. The molecule has 12 heavy (non-hydrogen) atoms. The van der Waals surface area contributed by atoms with Gasteiger partial charge in [-0.05, 0) is 47.8 Å². The van der Waals surface area contributed by atoms with E-state index in [0.717, 1.165) is 27.8 Å². The standard InChI is InChI=1S/C6H2BBr5/c7-1-2(8)4(10)6(12)5(11)3(1)9/h7H2. The Morgan fingerprint density at radius 1 is 0.583 bits per heavy atom. The maximum absolute atomic E-state index is 3.49. The zero-order valence-corrected chi connectivity index (χ0v) is 13.8. The van der Waals surface area contributed by atoms with E-state index in [4.69, 9.17) is 0 Å². The van der Waals surface area contributed by atoms with Crippen LogP contribution in [-0.4, -0.2) is 7.85 Å². The third-order valence-electron chi connectivity index (χ3n) is 1.43. The first-order chi connectivity index (χ1) is 5.46. The second kappa shape index (κ2) is 4.47. The average Bonchev–Trinajstić information content (AvgIpc) is 2.08. The van der Waals surface area contributed by atoms with Crippen molar-refractivity contribution < 1.29 is 0 Å². The molecule has 0 nitrogen and oxygen atoms in total. The molecular formula is C6H2BBr5. The van der Waals surface area contributed by atoms with E-state index < -0.39 is 0 Å². The van der Waals surface area contributed by atoms with E-state index in [1.165, 1.54) is 0 Å². The van der Waals surface area contributed by atoms with Gasteiger partial charge in [0.15, 0.2) is 0 Å². The fraction of sp³-hybridized carbons (Fsp3) is 0. The summed E-state index contributed by atoms with van der Waals surface area (Å²) in [6.07, 6.45) is 0. The van der Waals surface area contributed by atoms with E-state index in [2.05, 4.69) is 79.6 Å². The van der Waals surface area contributed by atoms with Crippen molar-refractivity contribution >= 4 is 93.0 Å². The Hall–Kier alpha value is 1.68. The van der Waals surface area contributed by atoms with Crippen molar-refractivity contribution in [2.45, 2.75) is 0 Å². The second-order valence-electron chi connectivity index (χ2n) is 2.19. The van der Waals surface area contributed by atoms with Crippen LogP contribution in [0, 0.1) is 0 Å². The van der Waals surface area contributed by atoms with Crippen LogP contribution >= 0.6 is 79.6 Å². The molecule has 0 aromatic heterocycles. The van der Waals surface area contributed by atoms with Crippen LogP contribution < -0.4 is 5.46 Å². The minimum Gasteiger partial charge on any atom is -0.0588 e. The van der Waals surface area contributed by atoms with Crippen molar-refractivity contribution in [3.8, 4) is 0 Å². The molecule has 0 atom stereocenters. The van der Waals surface area contributed by atoms with Gasteiger partial charge in [0.05, 0.1) is 0 Å². The summed E-state index contributed by atoms with van der Waals surface area (Å²) in [6.45, 7) is 0. The third-order valence-corrected chi connectivity index (χ3v) is 7.92. The van der Waals surface area contributed by atoms with Crippen LogP contribution in [0.15, 0.2) is 22.4 Å². The summed E-state index contributed by atoms with van der Waals surface area (Å²) in [7, 11) is 2.04. The Kier molecular flexibility index (Phi) is 4.38. The van der Waals surface area contributed by atoms with Gasteiger partial charge in [-0.3, -0.25) is 0 Å². The molecule has 0 aliphatic heterocycles. The molecule has 0 unspecified atom stereocenters. The molecule has 0 spiro atoms. The van der Waals surface area contributed by atoms with Gasteiger partial charge < -0.3 is 0 Å². The highest BCUT2D eigenvalue weighted by molar-refractivity contribution is 9.15. The Labute approximate surface area is 114 Å². The molecule has 0 fully saturated rings. The second-order valence-corrected chi connectivity index (χ2v) is 6.16. The van der Waals surface area contributed by atoms with Gasteiger partial charge in [-0.15, -0.1) is 0 Å². The van der Waals surface area contributed by atoms with Crippen LogP contribution in [0.25, 0.3) is 0 Å². The molecule has 1 rings (SSSR count). The highest BCUT2D eigenvalue weighted by atomic mass is 79.9. The van der Waals surface area contributed by atoms with Gasteiger partial charge in [0, 0.05) is 22.4 Å². The van der Waals surface area contributed by atoms with Gasteiger partial charge in [-0.25, -0.2) is 0 Å². The van der Waals surface area contributed by atoms with Crippen molar-refractivity contribution in [2.75, 3.05) is 0 Å². The summed E-state index contributed by atoms with van der Waals surface area (Å²) in [5.74, 6) is 0. The van der Waals surface area contributed by atoms with Gasteiger partial charge >= 0.3 is 0 Å². The maximum atomic E-state index is 3.49. The summed E-state index contributed by atoms with van der Waals surface area (Å²) in [4.78, 5) is 0. The monoisotopic (exact) mass is 480 g/mol. The number of hydrogen-bond acceptors (Lipinski definition) is 0. The van der Waals surface area contributed by atoms with Crippen molar-refractivity contribution in [3.63, 3.8) is 0 Å². The van der Waals surface area contributed by atoms with Gasteiger partial charge in [0.1, 0.15) is 7.85 Å². The molecule has 0 N–H and O–H groups in total. The molecule has 0 bridgehead atoms. The SMILES string of the molecule is Bc1c(Br)c(Br)c(Br)c(Br)c1Br. The highest BCUT2D eigenvalue weighted by Gasteiger charge is 2.13. The summed E-state index contributed by atoms with van der Waals surface area (Å²) in [6, 6.07) is 0. The van der Waals surface area contributed by atoms with Crippen molar-refractivity contribution in [2.24, 2.45) is 0 Å². The summed E-state index contributed by atoms with van der Waals surface area (Å²) in [5, 5.41) is 0. The van der Waals surface area contributed by atoms with Crippen LogP contribution in [0.3, 0.4) is 0 Å². The lowest BCUT2D eigenvalue weighted by Gasteiger charge is -2.09. The van der Waals surface area contributed by atoms with E-state index in [0.29, 0.717) is 0 Å². The molecule has 1 aromatic carbocycles. The van der Waals surface area contributed by atoms with Gasteiger partial charge in [0.2, 0.25) is 0 Å². The first kappa shape index (κ1) is 11.8. The average molecular weight is 484 g/mol. The molecule has 0 saturated carbocycles. The number of hydrogen-bond donors (Lipinski definition) is 0. The van der Waals surface area contributed by atoms with Crippen molar-refractivity contribution in [3.05, 3.63) is 22.4 Å². The van der Waals surface area contributed by atoms with Crippen LogP contribution in [0.4, 0.5) is 0 Å². The van der Waals surface area contributed by atoms with Crippen molar-refractivity contribution in [1.29, 1.82) is 0 Å². The van der Waals surface area contributed by atoms with Gasteiger partial charge in [-0.1, -0.05) is 37.3 Å². The lowest BCUT2D eigenvalue weighted by atomic mass is 9.97. The van der Waals surface area contributed by atoms with Crippen molar-refractivity contribution in [1.82, 2.24) is 0 Å². The molecule has 0 aliphatic carbocycles. The molecule has 1 aromatic rings. The quantitative estimate of drug-likeness (QED) is 0.299. The zero-order chi connectivity index (χ0) is 9.46. The molecule has 0 heterocycles. The van der Waals surface area contributed by atoms with Gasteiger partial charge in [-0.2, -0.15) is 0 Å². The molecule has 64 valence electrons. The predicted octanol–water partition coefficient (Wildman–Crippen LogP) is 3.76. The normalized spacial score (nSPS) is 10.4. The fourth-order valence-corrected chi connectivity index (χ4v) is 3.96. The molecule has 0 saturated heterocycles. The summed E-state index contributed by atoms with van der Waals surface area (Å²) >= 11 is 17.4. The van der Waals surface area contributed by atoms with Crippen LogP contribution in [-0.2, 0) is 0 Å². The molecule has 6 heteroatoms. The van der Waals surface area contributed by atoms with Crippen LogP contribution in [0.2, 0.25) is 0 Å². The number of halogens is 5. The van der Waals surface area contributed by atoms with E-state index in [-0.39, 0.29) is 0 Å². The van der Waals surface area contributed by atoms with Crippen LogP contribution in [0.1, 0.15) is 0 Å². The molecule has 0 aliphatic rings. The smallest absolute Gasteiger partial charge is 0.0588 e. The van der Waals surface area contributed by atoms with E-state index >= 15 is 0 Å². The van der Waals surface area contributed by atoms with E-state index in [1.807, 2.05) is 7.85 Å². The maximum Gasteiger partial charge on any atom is 0.142 e. The molecule has 0 radical (unpaired) electrons. The lowest BCUT2D eigenvalue weighted by molar-refractivity contribution is 1.50. The topological polar surface area (TPSA) is 0 Å². The predicted molar refractivity (Wildman–Crippen MR) is 73.1 cm³/mol. The molecular weight excluding hydrogens is 482 g/mol. The first-order valence-corrected chi connectivity index (χ1v) is 6.91. The zero-order valence-electron chi connectivity index (χ0n) is 5.89.